The van der Waals surface area contributed by atoms with Gasteiger partial charge in [-0.1, -0.05) is 42.8 Å². The Morgan fingerprint density at radius 3 is 2.52 bits per heavy atom. The summed E-state index contributed by atoms with van der Waals surface area (Å²) in [5, 5.41) is 4.57. The molecule has 0 aromatic heterocycles. The van der Waals surface area contributed by atoms with Gasteiger partial charge in [-0.3, -0.25) is 0 Å². The first-order valence-corrected chi connectivity index (χ1v) is 8.88. The molecule has 0 saturated heterocycles. The monoisotopic (exact) mass is 317 g/mol. The van der Waals surface area contributed by atoms with Crippen molar-refractivity contribution in [3.63, 3.8) is 0 Å². The normalized spacial score (nSPS) is 15.7. The molecule has 2 aromatic rings. The van der Waals surface area contributed by atoms with Gasteiger partial charge in [0.2, 0.25) is 0 Å². The number of benzene rings is 2. The van der Waals surface area contributed by atoms with Crippen LogP contribution < -0.4 is 5.32 Å². The molecule has 1 fully saturated rings. The van der Waals surface area contributed by atoms with Crippen molar-refractivity contribution in [2.45, 2.75) is 30.7 Å². The van der Waals surface area contributed by atoms with E-state index in [1.807, 2.05) is 23.9 Å². The minimum absolute atomic E-state index is 0.390. The molecule has 1 nitrogen and oxygen atoms in total. The number of para-hydroxylation sites is 1. The number of hydrogen-bond donors (Lipinski definition) is 1. The fourth-order valence-corrected chi connectivity index (χ4v) is 3.50. The van der Waals surface area contributed by atoms with Crippen molar-refractivity contribution < 1.29 is 0 Å². The van der Waals surface area contributed by atoms with Crippen LogP contribution in [0.3, 0.4) is 0 Å². The molecule has 0 radical (unpaired) electrons. The van der Waals surface area contributed by atoms with E-state index in [0.29, 0.717) is 6.04 Å². The molecule has 0 bridgehead atoms. The number of anilines is 1. The summed E-state index contributed by atoms with van der Waals surface area (Å²) in [6, 6.07) is 17.3. The number of hydrogen-bond acceptors (Lipinski definition) is 2. The van der Waals surface area contributed by atoms with E-state index in [1.54, 1.807) is 0 Å². The number of nitrogens with one attached hydrogen (secondary N) is 1. The first-order valence-electron chi connectivity index (χ1n) is 7.51. The lowest BCUT2D eigenvalue weighted by Crippen LogP contribution is -2.13. The second-order valence-corrected chi connectivity index (χ2v) is 7.18. The van der Waals surface area contributed by atoms with Crippen LogP contribution in [-0.2, 0) is 0 Å². The first kappa shape index (κ1) is 14.8. The van der Waals surface area contributed by atoms with E-state index in [1.165, 1.54) is 29.0 Å². The molecule has 3 rings (SSSR count). The van der Waals surface area contributed by atoms with E-state index in [0.717, 1.165) is 16.7 Å². The first-order chi connectivity index (χ1) is 10.3. The molecule has 0 spiro atoms. The Labute approximate surface area is 136 Å². The van der Waals surface area contributed by atoms with Gasteiger partial charge in [-0.05, 0) is 54.3 Å². The van der Waals surface area contributed by atoms with Crippen LogP contribution in [0, 0.1) is 5.92 Å². The zero-order valence-electron chi connectivity index (χ0n) is 12.2. The third kappa shape index (κ3) is 3.75. The quantitative estimate of drug-likeness (QED) is 0.654. The largest absolute Gasteiger partial charge is 0.377 e. The van der Waals surface area contributed by atoms with Gasteiger partial charge < -0.3 is 5.32 Å². The van der Waals surface area contributed by atoms with Crippen molar-refractivity contribution in [2.24, 2.45) is 5.92 Å². The molecule has 1 aliphatic carbocycles. The van der Waals surface area contributed by atoms with E-state index >= 15 is 0 Å². The Morgan fingerprint density at radius 2 is 1.86 bits per heavy atom. The Morgan fingerprint density at radius 1 is 1.14 bits per heavy atom. The summed E-state index contributed by atoms with van der Waals surface area (Å²) in [5.41, 5.74) is 2.58. The minimum atomic E-state index is 0.390. The maximum atomic E-state index is 6.01. The van der Waals surface area contributed by atoms with E-state index in [2.05, 4.69) is 48.6 Å². The maximum Gasteiger partial charge on any atom is 0.0542 e. The fraction of sp³-hybridized carbons (Fsp3) is 0.333. The van der Waals surface area contributed by atoms with Crippen molar-refractivity contribution in [3.8, 4) is 0 Å². The van der Waals surface area contributed by atoms with Gasteiger partial charge in [0.15, 0.2) is 0 Å². The van der Waals surface area contributed by atoms with E-state index < -0.39 is 0 Å². The van der Waals surface area contributed by atoms with Crippen LogP contribution in [0.2, 0.25) is 5.02 Å². The van der Waals surface area contributed by atoms with Crippen LogP contribution in [-0.4, -0.2) is 5.75 Å². The van der Waals surface area contributed by atoms with Crippen molar-refractivity contribution in [2.75, 3.05) is 11.1 Å². The van der Waals surface area contributed by atoms with Gasteiger partial charge in [-0.25, -0.2) is 0 Å². The summed E-state index contributed by atoms with van der Waals surface area (Å²) in [5.74, 6) is 1.83. The predicted octanol–water partition coefficient (Wildman–Crippen LogP) is 6.02. The second-order valence-electron chi connectivity index (χ2n) is 5.44. The van der Waals surface area contributed by atoms with E-state index in [-0.39, 0.29) is 0 Å². The zero-order valence-corrected chi connectivity index (χ0v) is 13.8. The molecule has 1 unspecified atom stereocenters. The molecule has 3 heteroatoms. The van der Waals surface area contributed by atoms with Crippen LogP contribution in [0.25, 0.3) is 0 Å². The van der Waals surface area contributed by atoms with Gasteiger partial charge in [-0.2, -0.15) is 0 Å². The fourth-order valence-electron chi connectivity index (χ4n) is 2.61. The molecule has 2 aromatic carbocycles. The average molecular weight is 318 g/mol. The molecule has 110 valence electrons. The summed E-state index contributed by atoms with van der Waals surface area (Å²) in [6.45, 7) is 2.19. The molecule has 1 aliphatic rings. The van der Waals surface area contributed by atoms with Crippen molar-refractivity contribution in [1.82, 2.24) is 0 Å². The summed E-state index contributed by atoms with van der Waals surface area (Å²) >= 11 is 7.90. The molecule has 0 aliphatic heterocycles. The highest BCUT2D eigenvalue weighted by atomic mass is 35.5. The average Bonchev–Trinajstić information content (AvgIpc) is 3.32. The van der Waals surface area contributed by atoms with Gasteiger partial charge in [0, 0.05) is 15.6 Å². The molecular formula is C18H20ClNS. The van der Waals surface area contributed by atoms with Crippen LogP contribution in [0.4, 0.5) is 5.69 Å². The van der Waals surface area contributed by atoms with Gasteiger partial charge >= 0.3 is 0 Å². The van der Waals surface area contributed by atoms with Crippen LogP contribution in [0.15, 0.2) is 53.4 Å². The number of rotatable bonds is 6. The van der Waals surface area contributed by atoms with Crippen molar-refractivity contribution in [1.29, 1.82) is 0 Å². The third-order valence-corrected chi connectivity index (χ3v) is 5.03. The SMILES string of the molecule is CCSc1ccccc1NC(c1ccc(Cl)cc1)C1CC1. The standard InChI is InChI=1S/C18H20ClNS/c1-2-21-17-6-4-3-5-16(17)20-18(13-7-8-13)14-9-11-15(19)12-10-14/h3-6,9-13,18,20H,2,7-8H2,1H3. The second kappa shape index (κ2) is 6.76. The van der Waals surface area contributed by atoms with Gasteiger partial charge in [0.1, 0.15) is 0 Å². The van der Waals surface area contributed by atoms with Crippen molar-refractivity contribution in [3.05, 3.63) is 59.1 Å². The highest BCUT2D eigenvalue weighted by Gasteiger charge is 2.32. The molecule has 1 saturated carbocycles. The number of halogens is 1. The van der Waals surface area contributed by atoms with Crippen LogP contribution >= 0.6 is 23.4 Å². The lowest BCUT2D eigenvalue weighted by Gasteiger charge is -2.22. The van der Waals surface area contributed by atoms with E-state index in [9.17, 15) is 0 Å². The molecule has 1 atom stereocenters. The lowest BCUT2D eigenvalue weighted by molar-refractivity contribution is 0.677. The molecule has 0 heterocycles. The number of thioether (sulfide) groups is 1. The van der Waals surface area contributed by atoms with Crippen LogP contribution in [0.1, 0.15) is 31.4 Å². The Kier molecular flexibility index (Phi) is 4.77. The highest BCUT2D eigenvalue weighted by Crippen LogP contribution is 2.44. The minimum Gasteiger partial charge on any atom is -0.377 e. The van der Waals surface area contributed by atoms with Crippen molar-refractivity contribution >= 4 is 29.1 Å². The highest BCUT2D eigenvalue weighted by molar-refractivity contribution is 7.99. The summed E-state index contributed by atoms with van der Waals surface area (Å²) in [7, 11) is 0. The smallest absolute Gasteiger partial charge is 0.0542 e. The molecule has 21 heavy (non-hydrogen) atoms. The summed E-state index contributed by atoms with van der Waals surface area (Å²) < 4.78 is 0. The maximum absolute atomic E-state index is 6.01. The summed E-state index contributed by atoms with van der Waals surface area (Å²) in [6.07, 6.45) is 2.62. The summed E-state index contributed by atoms with van der Waals surface area (Å²) in [4.78, 5) is 1.33. The Balaban J connectivity index is 1.84. The lowest BCUT2D eigenvalue weighted by atomic mass is 10.0. The molecule has 1 N–H and O–H groups in total. The Hall–Kier alpha value is -1.12. The van der Waals surface area contributed by atoms with Gasteiger partial charge in [0.25, 0.3) is 0 Å². The van der Waals surface area contributed by atoms with Gasteiger partial charge in [0.05, 0.1) is 6.04 Å². The predicted molar refractivity (Wildman–Crippen MR) is 93.4 cm³/mol. The van der Waals surface area contributed by atoms with E-state index in [4.69, 9.17) is 11.6 Å². The molecule has 0 amide bonds. The van der Waals surface area contributed by atoms with Gasteiger partial charge in [-0.15, -0.1) is 11.8 Å². The third-order valence-electron chi connectivity index (χ3n) is 3.82. The van der Waals surface area contributed by atoms with Crippen LogP contribution in [0.5, 0.6) is 0 Å². The zero-order chi connectivity index (χ0) is 14.7. The Bertz CT molecular complexity index is 592. The molecular weight excluding hydrogens is 298 g/mol. The topological polar surface area (TPSA) is 12.0 Å².